The fourth-order valence-electron chi connectivity index (χ4n) is 1.56. The highest BCUT2D eigenvalue weighted by atomic mass is 16.5. The molecule has 5 heteroatoms. The predicted octanol–water partition coefficient (Wildman–Crippen LogP) is -0.0689. The van der Waals surface area contributed by atoms with Crippen LogP contribution in [0.3, 0.4) is 0 Å². The van der Waals surface area contributed by atoms with Gasteiger partial charge in [0, 0.05) is 19.6 Å². The second-order valence-electron chi connectivity index (χ2n) is 3.55. The number of anilines is 1. The van der Waals surface area contributed by atoms with Crippen molar-refractivity contribution >= 4 is 5.69 Å². The van der Waals surface area contributed by atoms with Crippen molar-refractivity contribution in [2.45, 2.75) is 12.8 Å². The lowest BCUT2D eigenvalue weighted by molar-refractivity contribution is 0.185. The van der Waals surface area contributed by atoms with Gasteiger partial charge in [0.05, 0.1) is 6.20 Å². The van der Waals surface area contributed by atoms with Gasteiger partial charge in [0.2, 0.25) is 0 Å². The summed E-state index contributed by atoms with van der Waals surface area (Å²) in [6.07, 6.45) is 3.20. The summed E-state index contributed by atoms with van der Waals surface area (Å²) in [5, 5.41) is 0. The maximum Gasteiger partial charge on any atom is 0.274 e. The first-order valence-corrected chi connectivity index (χ1v) is 4.67. The van der Waals surface area contributed by atoms with Crippen LogP contribution in [0.15, 0.2) is 11.0 Å². The average Bonchev–Trinajstić information content (AvgIpc) is 2.64. The van der Waals surface area contributed by atoms with Gasteiger partial charge in [-0.1, -0.05) is 0 Å². The van der Waals surface area contributed by atoms with Gasteiger partial charge < -0.3 is 15.5 Å². The van der Waals surface area contributed by atoms with Crippen molar-refractivity contribution in [2.24, 2.45) is 5.92 Å². The van der Waals surface area contributed by atoms with E-state index in [1.807, 2.05) is 0 Å². The Bertz CT molecular complexity index is 369. The highest BCUT2D eigenvalue weighted by Gasteiger charge is 2.17. The zero-order chi connectivity index (χ0) is 9.97. The molecule has 1 fully saturated rings. The van der Waals surface area contributed by atoms with E-state index in [-0.39, 0.29) is 11.2 Å². The largest absolute Gasteiger partial charge is 0.393 e. The number of ether oxygens (including phenoxy) is 1. The van der Waals surface area contributed by atoms with Crippen molar-refractivity contribution in [1.82, 2.24) is 9.97 Å². The molecule has 3 N–H and O–H groups in total. The Morgan fingerprint density at radius 1 is 1.71 bits per heavy atom. The van der Waals surface area contributed by atoms with Crippen LogP contribution in [0.1, 0.15) is 12.2 Å². The van der Waals surface area contributed by atoms with Gasteiger partial charge in [-0.15, -0.1) is 0 Å². The Kier molecular flexibility index (Phi) is 2.49. The van der Waals surface area contributed by atoms with Crippen LogP contribution in [0.4, 0.5) is 5.69 Å². The first-order valence-electron chi connectivity index (χ1n) is 4.67. The molecule has 0 spiro atoms. The standard InChI is InChI=1S/C9H13N3O2/c10-7-4-11-8(12-9(7)13)3-6-1-2-14-5-6/h4,6H,1-3,5,10H2,(H,11,12,13). The molecule has 5 nitrogen and oxygen atoms in total. The predicted molar refractivity (Wildman–Crippen MR) is 51.9 cm³/mol. The number of aromatic nitrogens is 2. The number of H-pyrrole nitrogens is 1. The van der Waals surface area contributed by atoms with E-state index >= 15 is 0 Å². The first kappa shape index (κ1) is 9.21. The summed E-state index contributed by atoms with van der Waals surface area (Å²) in [5.41, 5.74) is 5.27. The van der Waals surface area contributed by atoms with Crippen molar-refractivity contribution in [3.8, 4) is 0 Å². The van der Waals surface area contributed by atoms with Crippen LogP contribution in [-0.2, 0) is 11.2 Å². The zero-order valence-electron chi connectivity index (χ0n) is 7.82. The molecule has 1 aliphatic rings. The van der Waals surface area contributed by atoms with Gasteiger partial charge in [-0.2, -0.15) is 0 Å². The molecule has 0 aliphatic carbocycles. The minimum atomic E-state index is -0.256. The summed E-state index contributed by atoms with van der Waals surface area (Å²) in [6, 6.07) is 0. The molecule has 1 atom stereocenters. The molecule has 2 rings (SSSR count). The monoisotopic (exact) mass is 195 g/mol. The van der Waals surface area contributed by atoms with Crippen LogP contribution < -0.4 is 11.3 Å². The number of hydrogen-bond donors (Lipinski definition) is 2. The molecule has 2 heterocycles. The molecule has 0 aromatic carbocycles. The number of hydrogen-bond acceptors (Lipinski definition) is 4. The smallest absolute Gasteiger partial charge is 0.274 e. The minimum Gasteiger partial charge on any atom is -0.393 e. The van der Waals surface area contributed by atoms with Gasteiger partial charge in [-0.05, 0) is 12.3 Å². The number of nitrogens with one attached hydrogen (secondary N) is 1. The van der Waals surface area contributed by atoms with Gasteiger partial charge in [-0.25, -0.2) is 4.98 Å². The molecule has 0 saturated carbocycles. The van der Waals surface area contributed by atoms with Gasteiger partial charge in [0.15, 0.2) is 0 Å². The normalized spacial score (nSPS) is 21.3. The number of nitrogen functional groups attached to an aromatic ring is 1. The van der Waals surface area contributed by atoms with E-state index in [0.29, 0.717) is 11.7 Å². The Morgan fingerprint density at radius 2 is 2.57 bits per heavy atom. The molecular weight excluding hydrogens is 182 g/mol. The van der Waals surface area contributed by atoms with Gasteiger partial charge >= 0.3 is 0 Å². The van der Waals surface area contributed by atoms with Crippen molar-refractivity contribution in [3.63, 3.8) is 0 Å². The van der Waals surface area contributed by atoms with Crippen LogP contribution in [0.2, 0.25) is 0 Å². The van der Waals surface area contributed by atoms with Crippen LogP contribution in [0, 0.1) is 5.92 Å². The highest BCUT2D eigenvalue weighted by Crippen LogP contribution is 2.15. The van der Waals surface area contributed by atoms with E-state index in [2.05, 4.69) is 9.97 Å². The van der Waals surface area contributed by atoms with Gasteiger partial charge in [-0.3, -0.25) is 4.79 Å². The molecule has 0 radical (unpaired) electrons. The lowest BCUT2D eigenvalue weighted by Gasteiger charge is -2.05. The third kappa shape index (κ3) is 1.93. The Morgan fingerprint density at radius 3 is 3.21 bits per heavy atom. The van der Waals surface area contributed by atoms with Gasteiger partial charge in [0.25, 0.3) is 5.56 Å². The molecule has 1 aliphatic heterocycles. The van der Waals surface area contributed by atoms with E-state index in [4.69, 9.17) is 10.5 Å². The molecule has 0 bridgehead atoms. The molecule has 1 aromatic rings. The maximum absolute atomic E-state index is 11.2. The second kappa shape index (κ2) is 3.79. The van der Waals surface area contributed by atoms with Crippen LogP contribution in [0.25, 0.3) is 0 Å². The van der Waals surface area contributed by atoms with Crippen LogP contribution in [0.5, 0.6) is 0 Å². The molecule has 1 aromatic heterocycles. The summed E-state index contributed by atoms with van der Waals surface area (Å²) in [4.78, 5) is 17.9. The quantitative estimate of drug-likeness (QED) is 0.692. The van der Waals surface area contributed by atoms with E-state index in [1.54, 1.807) is 0 Å². The van der Waals surface area contributed by atoms with Gasteiger partial charge in [0.1, 0.15) is 11.5 Å². The Hall–Kier alpha value is -1.36. The van der Waals surface area contributed by atoms with Crippen molar-refractivity contribution in [1.29, 1.82) is 0 Å². The third-order valence-corrected chi connectivity index (χ3v) is 2.39. The average molecular weight is 195 g/mol. The molecular formula is C9H13N3O2. The lowest BCUT2D eigenvalue weighted by Crippen LogP contribution is -2.17. The maximum atomic E-state index is 11.2. The fourth-order valence-corrected chi connectivity index (χ4v) is 1.56. The molecule has 1 saturated heterocycles. The molecule has 14 heavy (non-hydrogen) atoms. The summed E-state index contributed by atoms with van der Waals surface area (Å²) in [6.45, 7) is 1.57. The van der Waals surface area contributed by atoms with E-state index in [9.17, 15) is 4.79 Å². The Balaban J connectivity index is 2.09. The van der Waals surface area contributed by atoms with Crippen molar-refractivity contribution in [3.05, 3.63) is 22.4 Å². The minimum absolute atomic E-state index is 0.163. The molecule has 1 unspecified atom stereocenters. The van der Waals surface area contributed by atoms with Crippen molar-refractivity contribution in [2.75, 3.05) is 18.9 Å². The van der Waals surface area contributed by atoms with Crippen LogP contribution >= 0.6 is 0 Å². The second-order valence-corrected chi connectivity index (χ2v) is 3.55. The van der Waals surface area contributed by atoms with E-state index in [0.717, 1.165) is 26.1 Å². The Labute approximate surface area is 81.3 Å². The number of rotatable bonds is 2. The van der Waals surface area contributed by atoms with Crippen LogP contribution in [-0.4, -0.2) is 23.2 Å². The topological polar surface area (TPSA) is 81.0 Å². The van der Waals surface area contributed by atoms with E-state index in [1.165, 1.54) is 6.20 Å². The third-order valence-electron chi connectivity index (χ3n) is 2.39. The summed E-state index contributed by atoms with van der Waals surface area (Å²) >= 11 is 0. The highest BCUT2D eigenvalue weighted by molar-refractivity contribution is 5.30. The lowest BCUT2D eigenvalue weighted by atomic mass is 10.1. The number of nitrogens with zero attached hydrogens (tertiary/aromatic N) is 1. The zero-order valence-corrected chi connectivity index (χ0v) is 7.82. The fraction of sp³-hybridized carbons (Fsp3) is 0.556. The molecule has 76 valence electrons. The number of nitrogens with two attached hydrogens (primary N) is 1. The summed E-state index contributed by atoms with van der Waals surface area (Å²) in [7, 11) is 0. The SMILES string of the molecule is Nc1cnc(CC2CCOC2)[nH]c1=O. The van der Waals surface area contributed by atoms with E-state index < -0.39 is 0 Å². The molecule has 0 amide bonds. The summed E-state index contributed by atoms with van der Waals surface area (Å²) in [5.74, 6) is 1.17. The van der Waals surface area contributed by atoms with Crippen molar-refractivity contribution < 1.29 is 4.74 Å². The summed E-state index contributed by atoms with van der Waals surface area (Å²) < 4.78 is 5.24. The number of aromatic amines is 1. The first-order chi connectivity index (χ1) is 6.75.